The van der Waals surface area contributed by atoms with Crippen LogP contribution in [0.3, 0.4) is 0 Å². The summed E-state index contributed by atoms with van der Waals surface area (Å²) in [6, 6.07) is 0. The summed E-state index contributed by atoms with van der Waals surface area (Å²) in [7, 11) is 0. The Morgan fingerprint density at radius 1 is 1.88 bits per heavy atom. The fourth-order valence-corrected chi connectivity index (χ4v) is 0.370. The predicted octanol–water partition coefficient (Wildman–Crippen LogP) is 0.601. The molecule has 0 amide bonds. The van der Waals surface area contributed by atoms with Crippen molar-refractivity contribution in [1.29, 1.82) is 0 Å². The van der Waals surface area contributed by atoms with E-state index < -0.39 is 0 Å². The van der Waals surface area contributed by atoms with Crippen LogP contribution in [0.4, 0.5) is 0 Å². The number of hydrogen-bond acceptors (Lipinski definition) is 3. The first kappa shape index (κ1) is 7.30. The van der Waals surface area contributed by atoms with Gasteiger partial charge in [0, 0.05) is 6.54 Å². The highest BCUT2D eigenvalue weighted by molar-refractivity contribution is 4.74. The molecule has 0 fully saturated rings. The van der Waals surface area contributed by atoms with E-state index in [0.29, 0.717) is 6.54 Å². The number of rotatable bonds is 3. The zero-order chi connectivity index (χ0) is 6.57. The molecule has 0 atom stereocenters. The van der Waals surface area contributed by atoms with Gasteiger partial charge in [0.2, 0.25) is 0 Å². The molecule has 0 saturated carbocycles. The fraction of sp³-hybridized carbons (Fsp3) is 0.600. The van der Waals surface area contributed by atoms with Crippen molar-refractivity contribution in [3.8, 4) is 0 Å². The van der Waals surface area contributed by atoms with Crippen LogP contribution in [-0.2, 0) is 0 Å². The quantitative estimate of drug-likeness (QED) is 0.322. The van der Waals surface area contributed by atoms with Crippen molar-refractivity contribution in [3.05, 3.63) is 12.5 Å². The standard InChI is InChI=1S/C5H12N2O/c1-3-4-7(6)5(2)8/h8H,2-4,6H2,1H3. The topological polar surface area (TPSA) is 49.5 Å². The van der Waals surface area contributed by atoms with Crippen molar-refractivity contribution in [2.75, 3.05) is 6.54 Å². The fourth-order valence-electron chi connectivity index (χ4n) is 0.370. The van der Waals surface area contributed by atoms with Crippen LogP contribution in [0.25, 0.3) is 0 Å². The molecule has 0 aromatic rings. The molecule has 0 bridgehead atoms. The minimum atomic E-state index is -0.0770. The molecule has 0 saturated heterocycles. The van der Waals surface area contributed by atoms with E-state index in [1.54, 1.807) is 0 Å². The lowest BCUT2D eigenvalue weighted by Gasteiger charge is -2.13. The third kappa shape index (κ3) is 2.47. The second-order valence-corrected chi connectivity index (χ2v) is 1.61. The monoisotopic (exact) mass is 116 g/mol. The third-order valence-corrected chi connectivity index (χ3v) is 0.796. The summed E-state index contributed by atoms with van der Waals surface area (Å²) in [5, 5.41) is 9.77. The SMILES string of the molecule is C=C(O)N(N)CCC. The molecule has 0 aliphatic heterocycles. The van der Waals surface area contributed by atoms with Crippen molar-refractivity contribution in [3.63, 3.8) is 0 Å². The molecule has 0 aliphatic carbocycles. The number of hydrogen-bond donors (Lipinski definition) is 2. The minimum Gasteiger partial charge on any atom is -0.494 e. The average Bonchev–Trinajstić information content (AvgIpc) is 1.67. The molecule has 0 spiro atoms. The Bertz CT molecular complexity index is 82.5. The van der Waals surface area contributed by atoms with Gasteiger partial charge in [0.1, 0.15) is 0 Å². The van der Waals surface area contributed by atoms with Gasteiger partial charge >= 0.3 is 0 Å². The van der Waals surface area contributed by atoms with Gasteiger partial charge in [-0.2, -0.15) is 0 Å². The van der Waals surface area contributed by atoms with Crippen molar-refractivity contribution in [2.45, 2.75) is 13.3 Å². The van der Waals surface area contributed by atoms with Crippen LogP contribution in [0.2, 0.25) is 0 Å². The van der Waals surface area contributed by atoms with Gasteiger partial charge in [0.15, 0.2) is 5.88 Å². The Hall–Kier alpha value is -0.700. The summed E-state index contributed by atoms with van der Waals surface area (Å²) in [5.41, 5.74) is 0. The third-order valence-electron chi connectivity index (χ3n) is 0.796. The summed E-state index contributed by atoms with van der Waals surface area (Å²) in [5.74, 6) is 5.13. The van der Waals surface area contributed by atoms with Gasteiger partial charge in [-0.25, -0.2) is 5.84 Å². The molecular formula is C5H12N2O. The van der Waals surface area contributed by atoms with Gasteiger partial charge in [-0.15, -0.1) is 0 Å². The van der Waals surface area contributed by atoms with E-state index in [1.807, 2.05) is 6.92 Å². The molecule has 48 valence electrons. The van der Waals surface area contributed by atoms with Gasteiger partial charge in [0.25, 0.3) is 0 Å². The lowest BCUT2D eigenvalue weighted by molar-refractivity contribution is 0.206. The molecule has 0 aliphatic rings. The van der Waals surface area contributed by atoms with Gasteiger partial charge in [-0.1, -0.05) is 6.92 Å². The molecule has 8 heavy (non-hydrogen) atoms. The lowest BCUT2D eigenvalue weighted by atomic mass is 10.5. The first-order valence-corrected chi connectivity index (χ1v) is 2.58. The predicted molar refractivity (Wildman–Crippen MR) is 33.0 cm³/mol. The summed E-state index contributed by atoms with van der Waals surface area (Å²) >= 11 is 0. The Labute approximate surface area is 49.4 Å². The molecule has 0 aromatic heterocycles. The maximum absolute atomic E-state index is 8.56. The zero-order valence-electron chi connectivity index (χ0n) is 5.09. The van der Waals surface area contributed by atoms with Crippen LogP contribution in [0, 0.1) is 0 Å². The van der Waals surface area contributed by atoms with Crippen LogP contribution < -0.4 is 5.84 Å². The maximum atomic E-state index is 8.56. The Morgan fingerprint density at radius 2 is 2.38 bits per heavy atom. The van der Waals surface area contributed by atoms with Gasteiger partial charge in [0.05, 0.1) is 0 Å². The largest absolute Gasteiger partial charge is 0.494 e. The maximum Gasteiger partial charge on any atom is 0.193 e. The smallest absolute Gasteiger partial charge is 0.193 e. The second-order valence-electron chi connectivity index (χ2n) is 1.61. The van der Waals surface area contributed by atoms with Gasteiger partial charge in [-0.05, 0) is 13.0 Å². The highest BCUT2D eigenvalue weighted by Crippen LogP contribution is 1.88. The van der Waals surface area contributed by atoms with Crippen LogP contribution in [0.1, 0.15) is 13.3 Å². The zero-order valence-corrected chi connectivity index (χ0v) is 5.09. The molecule has 0 radical (unpaired) electrons. The number of nitrogens with zero attached hydrogens (tertiary/aromatic N) is 1. The number of aliphatic hydroxyl groups is 1. The first-order chi connectivity index (χ1) is 3.68. The number of hydrazine groups is 1. The first-order valence-electron chi connectivity index (χ1n) is 2.58. The minimum absolute atomic E-state index is 0.0770. The number of nitrogens with two attached hydrogens (primary N) is 1. The van der Waals surface area contributed by atoms with E-state index in [2.05, 4.69) is 6.58 Å². The Morgan fingerprint density at radius 3 is 2.50 bits per heavy atom. The van der Waals surface area contributed by atoms with Crippen LogP contribution in [-0.4, -0.2) is 16.7 Å². The summed E-state index contributed by atoms with van der Waals surface area (Å²) in [6.45, 7) is 5.85. The normalized spacial score (nSPS) is 8.75. The molecule has 0 aromatic carbocycles. The molecule has 0 rings (SSSR count). The summed E-state index contributed by atoms with van der Waals surface area (Å²) in [4.78, 5) is 0. The van der Waals surface area contributed by atoms with E-state index in [1.165, 1.54) is 5.01 Å². The Kier molecular flexibility index (Phi) is 3.03. The highest BCUT2D eigenvalue weighted by atomic mass is 16.3. The van der Waals surface area contributed by atoms with E-state index in [0.717, 1.165) is 6.42 Å². The summed E-state index contributed by atoms with van der Waals surface area (Å²) < 4.78 is 0. The molecule has 0 heterocycles. The highest BCUT2D eigenvalue weighted by Gasteiger charge is 1.94. The molecule has 3 nitrogen and oxygen atoms in total. The second kappa shape index (κ2) is 3.32. The van der Waals surface area contributed by atoms with E-state index in [-0.39, 0.29) is 5.88 Å². The lowest BCUT2D eigenvalue weighted by Crippen LogP contribution is -2.30. The Balaban J connectivity index is 3.32. The average molecular weight is 116 g/mol. The van der Waals surface area contributed by atoms with E-state index in [4.69, 9.17) is 10.9 Å². The number of aliphatic hydroxyl groups excluding tert-OH is 1. The van der Waals surface area contributed by atoms with Crippen molar-refractivity contribution >= 4 is 0 Å². The van der Waals surface area contributed by atoms with Gasteiger partial charge in [-0.3, -0.25) is 5.01 Å². The van der Waals surface area contributed by atoms with Crippen LogP contribution in [0.5, 0.6) is 0 Å². The molecule has 0 unspecified atom stereocenters. The summed E-state index contributed by atoms with van der Waals surface area (Å²) in [6.07, 6.45) is 0.913. The van der Waals surface area contributed by atoms with Crippen molar-refractivity contribution in [2.24, 2.45) is 5.84 Å². The van der Waals surface area contributed by atoms with Gasteiger partial charge < -0.3 is 5.11 Å². The molecule has 3 heteroatoms. The molecule has 3 N–H and O–H groups in total. The van der Waals surface area contributed by atoms with E-state index in [9.17, 15) is 0 Å². The van der Waals surface area contributed by atoms with Crippen molar-refractivity contribution in [1.82, 2.24) is 5.01 Å². The molecular weight excluding hydrogens is 104 g/mol. The van der Waals surface area contributed by atoms with Crippen LogP contribution >= 0.6 is 0 Å². The van der Waals surface area contributed by atoms with Crippen molar-refractivity contribution < 1.29 is 5.11 Å². The van der Waals surface area contributed by atoms with Crippen LogP contribution in [0.15, 0.2) is 12.5 Å². The van der Waals surface area contributed by atoms with E-state index >= 15 is 0 Å².